The fourth-order valence-corrected chi connectivity index (χ4v) is 2.63. The lowest BCUT2D eigenvalue weighted by atomic mass is 9.98. The molecule has 0 fully saturated rings. The molecule has 2 nitrogen and oxygen atoms in total. The first-order valence-corrected chi connectivity index (χ1v) is 5.38. The first kappa shape index (κ1) is 9.65. The molecule has 0 aliphatic carbocycles. The van der Waals surface area contributed by atoms with E-state index in [1.54, 1.807) is 11.3 Å². The minimum atomic E-state index is -0.417. The van der Waals surface area contributed by atoms with Gasteiger partial charge in [0, 0.05) is 10.3 Å². The number of hydrogen-bond donors (Lipinski definition) is 1. The molecule has 2 aromatic rings. The van der Waals surface area contributed by atoms with Crippen molar-refractivity contribution in [3.05, 3.63) is 35.2 Å². The van der Waals surface area contributed by atoms with Gasteiger partial charge in [0.25, 0.3) is 0 Å². The Hall–Kier alpha value is -0.900. The molecule has 1 aromatic carbocycles. The van der Waals surface area contributed by atoms with Gasteiger partial charge < -0.3 is 0 Å². The van der Waals surface area contributed by atoms with E-state index in [1.807, 2.05) is 26.0 Å². The van der Waals surface area contributed by atoms with Gasteiger partial charge in [-0.15, -0.1) is 11.3 Å². The summed E-state index contributed by atoms with van der Waals surface area (Å²) in [6, 6.07) is 8.28. The van der Waals surface area contributed by atoms with Crippen molar-refractivity contribution in [1.82, 2.24) is 0 Å². The maximum Gasteiger partial charge on any atom is 0.110 e. The van der Waals surface area contributed by atoms with Gasteiger partial charge in [0.15, 0.2) is 0 Å². The van der Waals surface area contributed by atoms with Crippen LogP contribution < -0.4 is 5.90 Å². The van der Waals surface area contributed by atoms with Crippen LogP contribution in [0.3, 0.4) is 0 Å². The van der Waals surface area contributed by atoms with Crippen molar-refractivity contribution >= 4 is 21.4 Å². The summed E-state index contributed by atoms with van der Waals surface area (Å²) in [5.74, 6) is 5.29. The number of thiophene rings is 1. The summed E-state index contributed by atoms with van der Waals surface area (Å²) in [4.78, 5) is 5.00. The van der Waals surface area contributed by atoms with Gasteiger partial charge in [0.2, 0.25) is 0 Å². The lowest BCUT2D eigenvalue weighted by Crippen LogP contribution is -2.24. The molecule has 14 heavy (non-hydrogen) atoms. The maximum atomic E-state index is 5.29. The molecule has 0 bridgehead atoms. The Kier molecular flexibility index (Phi) is 2.31. The fourth-order valence-electron chi connectivity index (χ4n) is 1.51. The quantitative estimate of drug-likeness (QED) is 0.768. The second-order valence-corrected chi connectivity index (χ2v) is 4.68. The molecule has 1 aromatic heterocycles. The third-order valence-electron chi connectivity index (χ3n) is 2.42. The number of fused-ring (bicyclic) bond motifs is 1. The molecule has 2 N–H and O–H groups in total. The second-order valence-electron chi connectivity index (χ2n) is 3.77. The summed E-state index contributed by atoms with van der Waals surface area (Å²) >= 11 is 1.72. The van der Waals surface area contributed by atoms with E-state index in [4.69, 9.17) is 10.7 Å². The molecule has 2 rings (SSSR count). The van der Waals surface area contributed by atoms with Crippen LogP contribution in [0.4, 0.5) is 0 Å². The predicted octanol–water partition coefficient (Wildman–Crippen LogP) is 3.03. The Morgan fingerprint density at radius 2 is 2.00 bits per heavy atom. The van der Waals surface area contributed by atoms with Crippen molar-refractivity contribution in [1.29, 1.82) is 0 Å². The van der Waals surface area contributed by atoms with Crippen LogP contribution >= 0.6 is 11.3 Å². The molecule has 3 heteroatoms. The third-order valence-corrected chi connectivity index (χ3v) is 3.39. The topological polar surface area (TPSA) is 35.2 Å². The van der Waals surface area contributed by atoms with Gasteiger partial charge in [0.05, 0.1) is 0 Å². The van der Waals surface area contributed by atoms with Crippen molar-refractivity contribution in [3.8, 4) is 0 Å². The number of hydrogen-bond acceptors (Lipinski definition) is 3. The highest BCUT2D eigenvalue weighted by molar-refractivity contribution is 7.17. The smallest absolute Gasteiger partial charge is 0.110 e. The predicted molar refractivity (Wildman–Crippen MR) is 60.1 cm³/mol. The van der Waals surface area contributed by atoms with Crippen LogP contribution in [0.1, 0.15) is 19.4 Å². The van der Waals surface area contributed by atoms with Crippen molar-refractivity contribution < 1.29 is 4.84 Å². The normalized spacial score (nSPS) is 12.2. The molecule has 0 aliphatic heterocycles. The van der Waals surface area contributed by atoms with E-state index in [0.717, 1.165) is 5.56 Å². The average molecular weight is 207 g/mol. The van der Waals surface area contributed by atoms with Crippen LogP contribution in [0.2, 0.25) is 0 Å². The lowest BCUT2D eigenvalue weighted by molar-refractivity contribution is -0.0222. The molecule has 0 atom stereocenters. The summed E-state index contributed by atoms with van der Waals surface area (Å²) in [6.45, 7) is 3.95. The number of benzene rings is 1. The fraction of sp³-hybridized carbons (Fsp3) is 0.273. The summed E-state index contributed by atoms with van der Waals surface area (Å²) in [5, 5.41) is 3.34. The monoisotopic (exact) mass is 207 g/mol. The molecule has 74 valence electrons. The molecule has 0 radical (unpaired) electrons. The van der Waals surface area contributed by atoms with Gasteiger partial charge in [-0.1, -0.05) is 18.2 Å². The highest BCUT2D eigenvalue weighted by Gasteiger charge is 2.23. The van der Waals surface area contributed by atoms with Crippen LogP contribution in [0.5, 0.6) is 0 Å². The van der Waals surface area contributed by atoms with Crippen molar-refractivity contribution in [2.45, 2.75) is 19.4 Å². The first-order chi connectivity index (χ1) is 6.65. The minimum absolute atomic E-state index is 0.417. The van der Waals surface area contributed by atoms with Crippen LogP contribution in [0, 0.1) is 0 Å². The molecule has 0 saturated heterocycles. The summed E-state index contributed by atoms with van der Waals surface area (Å²) < 4.78 is 1.27. The summed E-state index contributed by atoms with van der Waals surface area (Å²) in [5.41, 5.74) is 0.736. The van der Waals surface area contributed by atoms with Gasteiger partial charge in [-0.2, -0.15) is 0 Å². The molecule has 0 saturated carbocycles. The maximum absolute atomic E-state index is 5.29. The molecular formula is C11H13NOS. The zero-order valence-corrected chi connectivity index (χ0v) is 9.10. The Labute approximate surface area is 87.3 Å². The second kappa shape index (κ2) is 3.35. The zero-order valence-electron chi connectivity index (χ0n) is 8.28. The molecule has 0 aliphatic rings. The minimum Gasteiger partial charge on any atom is -0.294 e. The van der Waals surface area contributed by atoms with E-state index < -0.39 is 5.60 Å². The van der Waals surface area contributed by atoms with Gasteiger partial charge in [-0.05, 0) is 30.7 Å². The van der Waals surface area contributed by atoms with Crippen LogP contribution in [0.25, 0.3) is 10.1 Å². The summed E-state index contributed by atoms with van der Waals surface area (Å²) in [6.07, 6.45) is 0. The van der Waals surface area contributed by atoms with E-state index in [1.165, 1.54) is 10.1 Å². The van der Waals surface area contributed by atoms with Gasteiger partial charge in [0.1, 0.15) is 5.60 Å². The van der Waals surface area contributed by atoms with E-state index in [2.05, 4.69) is 17.5 Å². The van der Waals surface area contributed by atoms with Crippen LogP contribution in [-0.2, 0) is 10.4 Å². The largest absolute Gasteiger partial charge is 0.294 e. The highest BCUT2D eigenvalue weighted by Crippen LogP contribution is 2.34. The standard InChI is InChI=1S/C11H13NOS/c1-11(2,13-12)9-7-14-10-6-4-3-5-8(9)10/h3-7H,12H2,1-2H3. The Balaban J connectivity index is 2.64. The van der Waals surface area contributed by atoms with Crippen molar-refractivity contribution in [2.75, 3.05) is 0 Å². The number of rotatable bonds is 2. The van der Waals surface area contributed by atoms with Gasteiger partial charge in [-0.25, -0.2) is 5.90 Å². The Bertz CT molecular complexity index is 447. The highest BCUT2D eigenvalue weighted by atomic mass is 32.1. The Morgan fingerprint density at radius 1 is 1.29 bits per heavy atom. The zero-order chi connectivity index (χ0) is 10.2. The first-order valence-electron chi connectivity index (χ1n) is 4.50. The Morgan fingerprint density at radius 3 is 2.71 bits per heavy atom. The van der Waals surface area contributed by atoms with Gasteiger partial charge in [-0.3, -0.25) is 4.84 Å². The SMILES string of the molecule is CC(C)(ON)c1csc2ccccc12. The molecule has 1 heterocycles. The van der Waals surface area contributed by atoms with Crippen LogP contribution in [-0.4, -0.2) is 0 Å². The molecule has 0 spiro atoms. The summed E-state index contributed by atoms with van der Waals surface area (Å²) in [7, 11) is 0. The third kappa shape index (κ3) is 1.43. The molecule has 0 amide bonds. The number of nitrogens with two attached hydrogens (primary N) is 1. The van der Waals surface area contributed by atoms with Crippen molar-refractivity contribution in [2.24, 2.45) is 5.90 Å². The van der Waals surface area contributed by atoms with E-state index >= 15 is 0 Å². The van der Waals surface area contributed by atoms with E-state index in [0.29, 0.717) is 0 Å². The van der Waals surface area contributed by atoms with Crippen molar-refractivity contribution in [3.63, 3.8) is 0 Å². The molecular weight excluding hydrogens is 194 g/mol. The average Bonchev–Trinajstić information content (AvgIpc) is 2.61. The van der Waals surface area contributed by atoms with E-state index in [-0.39, 0.29) is 0 Å². The molecule has 0 unspecified atom stereocenters. The van der Waals surface area contributed by atoms with Crippen LogP contribution in [0.15, 0.2) is 29.6 Å². The van der Waals surface area contributed by atoms with Gasteiger partial charge >= 0.3 is 0 Å². The lowest BCUT2D eigenvalue weighted by Gasteiger charge is -2.21. The van der Waals surface area contributed by atoms with E-state index in [9.17, 15) is 0 Å².